The van der Waals surface area contributed by atoms with E-state index in [1.54, 1.807) is 12.1 Å². The van der Waals surface area contributed by atoms with Gasteiger partial charge in [-0.2, -0.15) is 0 Å². The maximum absolute atomic E-state index is 13.5. The number of carbonyl (C=O) groups is 1. The number of benzene rings is 1. The predicted molar refractivity (Wildman–Crippen MR) is 82.0 cm³/mol. The van der Waals surface area contributed by atoms with E-state index >= 15 is 0 Å². The van der Waals surface area contributed by atoms with Crippen molar-refractivity contribution < 1.29 is 13.6 Å². The van der Waals surface area contributed by atoms with Gasteiger partial charge < -0.3 is 4.42 Å². The summed E-state index contributed by atoms with van der Waals surface area (Å²) in [5.41, 5.74) is 0.342. The Bertz CT molecular complexity index is 849. The topological polar surface area (TPSA) is 68.0 Å². The van der Waals surface area contributed by atoms with Gasteiger partial charge in [0.2, 0.25) is 0 Å². The maximum atomic E-state index is 13.5. The lowest BCUT2D eigenvalue weighted by Crippen LogP contribution is -2.13. The highest BCUT2D eigenvalue weighted by atomic mass is 35.5. The molecule has 22 heavy (non-hydrogen) atoms. The molecule has 1 amide bonds. The Hall–Kier alpha value is -1.96. The van der Waals surface area contributed by atoms with E-state index < -0.39 is 11.7 Å². The number of amides is 1. The van der Waals surface area contributed by atoms with E-state index in [4.69, 9.17) is 27.6 Å². The Kier molecular flexibility index (Phi) is 4.10. The molecule has 2 heterocycles. The zero-order chi connectivity index (χ0) is 15.7. The molecule has 5 nitrogen and oxygen atoms in total. The summed E-state index contributed by atoms with van der Waals surface area (Å²) in [6.07, 6.45) is 0. The molecular weight excluding hydrogens is 352 g/mol. The van der Waals surface area contributed by atoms with Crippen molar-refractivity contribution in [2.24, 2.45) is 0 Å². The monoisotopic (exact) mass is 357 g/mol. The van der Waals surface area contributed by atoms with Gasteiger partial charge in [0.1, 0.15) is 10.2 Å². The quantitative estimate of drug-likeness (QED) is 0.749. The number of hydrogen-bond acceptors (Lipinski definition) is 5. The van der Waals surface area contributed by atoms with Crippen LogP contribution in [0.3, 0.4) is 0 Å². The zero-order valence-electron chi connectivity index (χ0n) is 10.6. The first kappa shape index (κ1) is 15.0. The van der Waals surface area contributed by atoms with Crippen molar-refractivity contribution in [3.05, 3.63) is 50.4 Å². The lowest BCUT2D eigenvalue weighted by Gasteiger charge is -2.01. The lowest BCUT2D eigenvalue weighted by molar-refractivity contribution is 0.102. The Morgan fingerprint density at radius 2 is 2.05 bits per heavy atom. The standard InChI is InChI=1S/C13H6Cl2FN3O2S/c14-9-5-7(10(15)22-9)12-18-19-13(21-12)17-11(20)6-3-1-2-4-8(6)16/h1-5H,(H,17,19,20). The minimum Gasteiger partial charge on any atom is -0.403 e. The number of rotatable bonds is 3. The van der Waals surface area contributed by atoms with E-state index in [1.807, 2.05) is 0 Å². The average molecular weight is 358 g/mol. The number of aromatic nitrogens is 2. The highest BCUT2D eigenvalue weighted by Crippen LogP contribution is 2.37. The minimum atomic E-state index is -0.692. The molecule has 0 radical (unpaired) electrons. The Labute approximate surface area is 137 Å². The molecule has 0 bridgehead atoms. The fourth-order valence-electron chi connectivity index (χ4n) is 1.68. The summed E-state index contributed by atoms with van der Waals surface area (Å²) in [5.74, 6) is -1.23. The van der Waals surface area contributed by atoms with Gasteiger partial charge in [-0.15, -0.1) is 16.4 Å². The molecule has 2 aromatic heterocycles. The van der Waals surface area contributed by atoms with Crippen LogP contribution in [0, 0.1) is 5.82 Å². The minimum absolute atomic E-state index is 0.108. The SMILES string of the molecule is O=C(Nc1nnc(-c2cc(Cl)sc2Cl)o1)c1ccccc1F. The van der Waals surface area contributed by atoms with Crippen molar-refractivity contribution in [1.82, 2.24) is 10.2 Å². The molecule has 0 fully saturated rings. The smallest absolute Gasteiger partial charge is 0.322 e. The Morgan fingerprint density at radius 1 is 1.27 bits per heavy atom. The van der Waals surface area contributed by atoms with E-state index in [2.05, 4.69) is 15.5 Å². The lowest BCUT2D eigenvalue weighted by atomic mass is 10.2. The summed E-state index contributed by atoms with van der Waals surface area (Å²) in [7, 11) is 0. The summed E-state index contributed by atoms with van der Waals surface area (Å²) in [6, 6.07) is 6.97. The second kappa shape index (κ2) is 6.04. The second-order valence-electron chi connectivity index (χ2n) is 4.08. The Balaban J connectivity index is 1.82. The summed E-state index contributed by atoms with van der Waals surface area (Å²) in [4.78, 5) is 11.9. The number of hydrogen-bond donors (Lipinski definition) is 1. The molecule has 0 aliphatic rings. The van der Waals surface area contributed by atoms with Gasteiger partial charge in [0.05, 0.1) is 15.5 Å². The summed E-state index contributed by atoms with van der Waals surface area (Å²) in [5, 5.41) is 9.76. The van der Waals surface area contributed by atoms with Gasteiger partial charge >= 0.3 is 6.01 Å². The first-order valence-electron chi connectivity index (χ1n) is 5.89. The molecule has 0 spiro atoms. The van der Waals surface area contributed by atoms with Gasteiger partial charge in [-0.05, 0) is 18.2 Å². The molecule has 0 atom stereocenters. The van der Waals surface area contributed by atoms with E-state index in [0.717, 1.165) is 11.3 Å². The van der Waals surface area contributed by atoms with Gasteiger partial charge in [0.25, 0.3) is 11.8 Å². The van der Waals surface area contributed by atoms with Gasteiger partial charge in [0.15, 0.2) is 0 Å². The molecule has 0 aliphatic carbocycles. The number of nitrogens with one attached hydrogen (secondary N) is 1. The second-order valence-corrected chi connectivity index (χ2v) is 6.37. The van der Waals surface area contributed by atoms with Crippen LogP contribution < -0.4 is 5.32 Å². The van der Waals surface area contributed by atoms with Crippen LogP contribution in [0.15, 0.2) is 34.7 Å². The van der Waals surface area contributed by atoms with Crippen LogP contribution in [0.5, 0.6) is 0 Å². The largest absolute Gasteiger partial charge is 0.403 e. The van der Waals surface area contributed by atoms with Crippen molar-refractivity contribution in [2.75, 3.05) is 5.32 Å². The third-order valence-electron chi connectivity index (χ3n) is 2.65. The van der Waals surface area contributed by atoms with Crippen molar-refractivity contribution >= 4 is 46.5 Å². The van der Waals surface area contributed by atoms with Crippen LogP contribution >= 0.6 is 34.5 Å². The van der Waals surface area contributed by atoms with Gasteiger partial charge in [-0.3, -0.25) is 10.1 Å². The van der Waals surface area contributed by atoms with Crippen LogP contribution in [0.4, 0.5) is 10.4 Å². The number of halogens is 3. The number of carbonyl (C=O) groups excluding carboxylic acids is 1. The molecule has 112 valence electrons. The van der Waals surface area contributed by atoms with Gasteiger partial charge in [-0.25, -0.2) is 4.39 Å². The van der Waals surface area contributed by atoms with Crippen LogP contribution in [-0.4, -0.2) is 16.1 Å². The third-order valence-corrected chi connectivity index (χ3v) is 4.14. The highest BCUT2D eigenvalue weighted by Gasteiger charge is 2.18. The van der Waals surface area contributed by atoms with Crippen LogP contribution in [-0.2, 0) is 0 Å². The first-order valence-corrected chi connectivity index (χ1v) is 7.46. The van der Waals surface area contributed by atoms with Crippen LogP contribution in [0.1, 0.15) is 10.4 Å². The zero-order valence-corrected chi connectivity index (χ0v) is 13.0. The first-order chi connectivity index (χ1) is 10.5. The number of anilines is 1. The number of thiophene rings is 1. The van der Waals surface area contributed by atoms with Crippen molar-refractivity contribution in [2.45, 2.75) is 0 Å². The Morgan fingerprint density at radius 3 is 2.73 bits per heavy atom. The maximum Gasteiger partial charge on any atom is 0.322 e. The molecular formula is C13H6Cl2FN3O2S. The van der Waals surface area contributed by atoms with E-state index in [0.29, 0.717) is 14.2 Å². The fourth-order valence-corrected chi connectivity index (χ4v) is 3.13. The third kappa shape index (κ3) is 2.96. The molecule has 3 rings (SSSR count). The summed E-state index contributed by atoms with van der Waals surface area (Å²) < 4.78 is 19.7. The van der Waals surface area contributed by atoms with Crippen LogP contribution in [0.2, 0.25) is 8.67 Å². The molecule has 0 saturated carbocycles. The van der Waals surface area contributed by atoms with Crippen molar-refractivity contribution in [3.8, 4) is 11.5 Å². The van der Waals surface area contributed by atoms with Gasteiger partial charge in [-0.1, -0.05) is 40.4 Å². The van der Waals surface area contributed by atoms with E-state index in [1.165, 1.54) is 18.2 Å². The molecule has 0 saturated heterocycles. The van der Waals surface area contributed by atoms with Crippen molar-refractivity contribution in [3.63, 3.8) is 0 Å². The summed E-state index contributed by atoms with van der Waals surface area (Å²) in [6.45, 7) is 0. The van der Waals surface area contributed by atoms with Gasteiger partial charge in [0, 0.05) is 0 Å². The molecule has 9 heteroatoms. The van der Waals surface area contributed by atoms with Crippen molar-refractivity contribution in [1.29, 1.82) is 0 Å². The van der Waals surface area contributed by atoms with E-state index in [9.17, 15) is 9.18 Å². The molecule has 3 aromatic rings. The molecule has 0 aliphatic heterocycles. The summed E-state index contributed by atoms with van der Waals surface area (Å²) >= 11 is 13.0. The predicted octanol–water partition coefficient (Wildman–Crippen LogP) is 4.50. The molecule has 0 unspecified atom stereocenters. The highest BCUT2D eigenvalue weighted by molar-refractivity contribution is 7.20. The molecule has 1 aromatic carbocycles. The van der Waals surface area contributed by atoms with E-state index in [-0.39, 0.29) is 17.5 Å². The fraction of sp³-hybridized carbons (Fsp3) is 0. The van der Waals surface area contributed by atoms with Crippen LogP contribution in [0.25, 0.3) is 11.5 Å². The number of nitrogens with zero attached hydrogens (tertiary/aromatic N) is 2. The molecule has 1 N–H and O–H groups in total. The average Bonchev–Trinajstić information content (AvgIpc) is 3.05. The normalized spacial score (nSPS) is 10.7.